The summed E-state index contributed by atoms with van der Waals surface area (Å²) >= 11 is 0. The van der Waals surface area contributed by atoms with Gasteiger partial charge in [0.2, 0.25) is 6.29 Å². The fraction of sp³-hybridized carbons (Fsp3) is 0.679. The molecule has 3 N–H and O–H groups in total. The van der Waals surface area contributed by atoms with Gasteiger partial charge in [0.1, 0.15) is 6.10 Å². The van der Waals surface area contributed by atoms with E-state index in [0.29, 0.717) is 11.8 Å². The third-order valence-corrected chi connectivity index (χ3v) is 7.49. The van der Waals surface area contributed by atoms with Crippen LogP contribution in [-0.4, -0.2) is 52.0 Å². The van der Waals surface area contributed by atoms with E-state index in [4.69, 9.17) is 14.2 Å². The molecule has 0 saturated carbocycles. The van der Waals surface area contributed by atoms with Crippen molar-refractivity contribution >= 4 is 5.97 Å². The number of ether oxygens (including phenoxy) is 3. The van der Waals surface area contributed by atoms with Gasteiger partial charge in [-0.25, -0.2) is 0 Å². The van der Waals surface area contributed by atoms with Crippen molar-refractivity contribution in [2.24, 2.45) is 5.92 Å². The summed E-state index contributed by atoms with van der Waals surface area (Å²) in [6, 6.07) is 2.10. The van der Waals surface area contributed by atoms with E-state index in [-0.39, 0.29) is 17.4 Å². The van der Waals surface area contributed by atoms with Crippen molar-refractivity contribution in [1.82, 2.24) is 0 Å². The molecule has 8 atom stereocenters. The standard InChI is InChI=1S/C28H42O7/c1-14(2)9-8-10-15(3)20-12-11-16(4)22-21(20)13-17(5)26(24(22)31)35-28-25(32)27(34-19(7)29)23(30)18(6)33-28/h9,13,15-16,18,20,23,25,27-28,30-32H,8,10-12H2,1-7H3. The largest absolute Gasteiger partial charge is 0.504 e. The molecule has 7 heteroatoms. The first-order chi connectivity index (χ1) is 16.4. The Morgan fingerprint density at radius 1 is 1.20 bits per heavy atom. The van der Waals surface area contributed by atoms with Crippen LogP contribution in [0.3, 0.4) is 0 Å². The molecule has 1 aromatic rings. The maximum absolute atomic E-state index is 11.5. The number of allylic oxidation sites excluding steroid dienone is 2. The lowest BCUT2D eigenvalue weighted by Gasteiger charge is -2.41. The molecule has 1 saturated heterocycles. The first kappa shape index (κ1) is 27.5. The van der Waals surface area contributed by atoms with Crippen molar-refractivity contribution in [3.8, 4) is 11.5 Å². The fourth-order valence-electron chi connectivity index (χ4n) is 5.49. The topological polar surface area (TPSA) is 105 Å². The minimum Gasteiger partial charge on any atom is -0.504 e. The maximum Gasteiger partial charge on any atom is 0.303 e. The number of aliphatic hydroxyl groups excluding tert-OH is 2. The number of fused-ring (bicyclic) bond motifs is 1. The highest BCUT2D eigenvalue weighted by Crippen LogP contribution is 2.51. The summed E-state index contributed by atoms with van der Waals surface area (Å²) < 4.78 is 16.9. The van der Waals surface area contributed by atoms with E-state index in [2.05, 4.69) is 39.8 Å². The molecule has 1 aliphatic carbocycles. The lowest BCUT2D eigenvalue weighted by Crippen LogP contribution is -2.59. The van der Waals surface area contributed by atoms with Crippen LogP contribution in [0.25, 0.3) is 0 Å². The van der Waals surface area contributed by atoms with Gasteiger partial charge in [-0.2, -0.15) is 0 Å². The number of carbonyl (C=O) groups is 1. The smallest absolute Gasteiger partial charge is 0.303 e. The van der Waals surface area contributed by atoms with Crippen LogP contribution in [0.1, 0.15) is 95.8 Å². The Bertz CT molecular complexity index is 936. The monoisotopic (exact) mass is 490 g/mol. The molecule has 0 spiro atoms. The highest BCUT2D eigenvalue weighted by Gasteiger charge is 2.46. The maximum atomic E-state index is 11.5. The second kappa shape index (κ2) is 11.3. The fourth-order valence-corrected chi connectivity index (χ4v) is 5.49. The average molecular weight is 491 g/mol. The van der Waals surface area contributed by atoms with E-state index >= 15 is 0 Å². The molecule has 8 unspecified atom stereocenters. The van der Waals surface area contributed by atoms with Crippen LogP contribution in [0.2, 0.25) is 0 Å². The van der Waals surface area contributed by atoms with E-state index < -0.39 is 36.7 Å². The third kappa shape index (κ3) is 6.01. The third-order valence-electron chi connectivity index (χ3n) is 7.49. The summed E-state index contributed by atoms with van der Waals surface area (Å²) in [5.74, 6) is 0.700. The highest BCUT2D eigenvalue weighted by molar-refractivity contribution is 5.66. The van der Waals surface area contributed by atoms with Gasteiger partial charge < -0.3 is 29.5 Å². The zero-order valence-corrected chi connectivity index (χ0v) is 22.1. The van der Waals surface area contributed by atoms with Gasteiger partial charge in [0, 0.05) is 12.5 Å². The zero-order valence-electron chi connectivity index (χ0n) is 22.1. The Balaban J connectivity index is 1.89. The van der Waals surface area contributed by atoms with Crippen molar-refractivity contribution < 1.29 is 34.3 Å². The minimum absolute atomic E-state index is 0.0762. The molecule has 1 aliphatic heterocycles. The molecule has 0 bridgehead atoms. The van der Waals surface area contributed by atoms with Crippen molar-refractivity contribution in [2.75, 3.05) is 0 Å². The molecule has 1 fully saturated rings. The number of hydrogen-bond acceptors (Lipinski definition) is 7. The van der Waals surface area contributed by atoms with Gasteiger partial charge in [-0.1, -0.05) is 31.6 Å². The number of phenolic OH excluding ortho intramolecular Hbond substituents is 1. The molecule has 0 aromatic heterocycles. The first-order valence-electron chi connectivity index (χ1n) is 12.8. The van der Waals surface area contributed by atoms with Gasteiger partial charge in [0.25, 0.3) is 0 Å². The molecule has 7 nitrogen and oxygen atoms in total. The number of aliphatic hydroxyl groups is 2. The number of aromatic hydroxyl groups is 1. The molecule has 1 heterocycles. The molecule has 0 amide bonds. The SMILES string of the molecule is CC(=O)OC1C(O)C(C)OC(Oc2c(C)cc3c(c2O)C(C)CCC3C(C)CCC=C(C)C)C1O. The van der Waals surface area contributed by atoms with Crippen LogP contribution < -0.4 is 4.74 Å². The Kier molecular flexibility index (Phi) is 8.89. The van der Waals surface area contributed by atoms with E-state index in [1.165, 1.54) is 18.1 Å². The number of hydrogen-bond donors (Lipinski definition) is 3. The molecule has 35 heavy (non-hydrogen) atoms. The summed E-state index contributed by atoms with van der Waals surface area (Å²) in [5.41, 5.74) is 4.14. The first-order valence-corrected chi connectivity index (χ1v) is 12.8. The molecule has 2 aliphatic rings. The Morgan fingerprint density at radius 3 is 2.51 bits per heavy atom. The van der Waals surface area contributed by atoms with Crippen LogP contribution in [0, 0.1) is 12.8 Å². The summed E-state index contributed by atoms with van der Waals surface area (Å²) in [4.78, 5) is 11.5. The summed E-state index contributed by atoms with van der Waals surface area (Å²) in [5, 5.41) is 32.5. The summed E-state index contributed by atoms with van der Waals surface area (Å²) in [6.45, 7) is 13.3. The van der Waals surface area contributed by atoms with Crippen molar-refractivity contribution in [2.45, 2.75) is 117 Å². The number of aryl methyl sites for hydroxylation is 1. The van der Waals surface area contributed by atoms with Gasteiger partial charge >= 0.3 is 5.97 Å². The van der Waals surface area contributed by atoms with Crippen molar-refractivity contribution in [3.63, 3.8) is 0 Å². The van der Waals surface area contributed by atoms with Crippen LogP contribution in [0.4, 0.5) is 0 Å². The van der Waals surface area contributed by atoms with E-state index in [0.717, 1.165) is 36.8 Å². The van der Waals surface area contributed by atoms with E-state index in [9.17, 15) is 20.1 Å². The van der Waals surface area contributed by atoms with Crippen LogP contribution in [0.15, 0.2) is 17.7 Å². The zero-order chi connectivity index (χ0) is 26.0. The normalized spacial score (nSPS) is 31.3. The van der Waals surface area contributed by atoms with Crippen molar-refractivity contribution in [1.29, 1.82) is 0 Å². The number of phenols is 1. The van der Waals surface area contributed by atoms with Gasteiger partial charge in [0.15, 0.2) is 23.7 Å². The summed E-state index contributed by atoms with van der Waals surface area (Å²) in [6.07, 6.45) is 0.707. The molecular weight excluding hydrogens is 448 g/mol. The van der Waals surface area contributed by atoms with Crippen LogP contribution >= 0.6 is 0 Å². The van der Waals surface area contributed by atoms with Gasteiger partial charge in [-0.15, -0.1) is 0 Å². The number of carbonyl (C=O) groups excluding carboxylic acids is 1. The molecule has 1 aromatic carbocycles. The number of esters is 1. The molecule has 0 radical (unpaired) electrons. The van der Waals surface area contributed by atoms with Gasteiger partial charge in [-0.05, 0) is 82.3 Å². The quantitative estimate of drug-likeness (QED) is 0.371. The van der Waals surface area contributed by atoms with Crippen molar-refractivity contribution in [3.05, 3.63) is 34.4 Å². The second-order valence-corrected chi connectivity index (χ2v) is 10.7. The molecule has 196 valence electrons. The van der Waals surface area contributed by atoms with Gasteiger partial charge in [0.05, 0.1) is 6.10 Å². The Hall–Kier alpha value is -2.09. The number of benzene rings is 1. The minimum atomic E-state index is -1.42. The lowest BCUT2D eigenvalue weighted by molar-refractivity contribution is -0.272. The number of rotatable bonds is 7. The predicted molar refractivity (Wildman–Crippen MR) is 134 cm³/mol. The van der Waals surface area contributed by atoms with E-state index in [1.807, 2.05) is 6.92 Å². The average Bonchev–Trinajstić information content (AvgIpc) is 2.76. The van der Waals surface area contributed by atoms with Gasteiger partial charge in [-0.3, -0.25) is 4.79 Å². The highest BCUT2D eigenvalue weighted by atomic mass is 16.7. The second-order valence-electron chi connectivity index (χ2n) is 10.7. The molecular formula is C28H42O7. The van der Waals surface area contributed by atoms with Crippen LogP contribution in [-0.2, 0) is 14.3 Å². The predicted octanol–water partition coefficient (Wildman–Crippen LogP) is 4.84. The Labute approximate surface area is 209 Å². The van der Waals surface area contributed by atoms with Crippen LogP contribution in [0.5, 0.6) is 11.5 Å². The Morgan fingerprint density at radius 2 is 1.89 bits per heavy atom. The molecule has 3 rings (SSSR count). The summed E-state index contributed by atoms with van der Waals surface area (Å²) in [7, 11) is 0. The van der Waals surface area contributed by atoms with E-state index in [1.54, 1.807) is 6.92 Å². The lowest BCUT2D eigenvalue weighted by atomic mass is 9.70.